The lowest BCUT2D eigenvalue weighted by Gasteiger charge is -2.22. The molecule has 0 fully saturated rings. The molecule has 0 amide bonds. The minimum Gasteiger partial charge on any atom is -0.340 e. The zero-order valence-corrected chi connectivity index (χ0v) is 10.1. The summed E-state index contributed by atoms with van der Waals surface area (Å²) in [6.07, 6.45) is 0. The molecule has 92 valence electrons. The van der Waals surface area contributed by atoms with Gasteiger partial charge in [0.15, 0.2) is 5.82 Å². The van der Waals surface area contributed by atoms with Crippen LogP contribution in [0.15, 0.2) is 12.1 Å². The third-order valence-corrected chi connectivity index (χ3v) is 2.72. The Bertz CT molecular complexity index is 546. The number of nitrogens with zero attached hydrogens (tertiary/aromatic N) is 1. The summed E-state index contributed by atoms with van der Waals surface area (Å²) in [7, 11) is 0. The molecular formula is C12H15F2N3. The van der Waals surface area contributed by atoms with Gasteiger partial charge in [-0.25, -0.2) is 13.8 Å². The highest BCUT2D eigenvalue weighted by atomic mass is 19.1. The van der Waals surface area contributed by atoms with Crippen molar-refractivity contribution in [1.82, 2.24) is 15.3 Å². The third-order valence-electron chi connectivity index (χ3n) is 2.72. The van der Waals surface area contributed by atoms with Crippen molar-refractivity contribution in [3.05, 3.63) is 29.6 Å². The quantitative estimate of drug-likeness (QED) is 0.864. The summed E-state index contributed by atoms with van der Waals surface area (Å²) in [5, 5.41) is 3.22. The number of fused-ring (bicyclic) bond motifs is 1. The highest BCUT2D eigenvalue weighted by molar-refractivity contribution is 5.76. The fourth-order valence-corrected chi connectivity index (χ4v) is 1.86. The Morgan fingerprint density at radius 3 is 2.71 bits per heavy atom. The first-order valence-corrected chi connectivity index (χ1v) is 5.54. The molecule has 0 bridgehead atoms. The number of halogens is 2. The van der Waals surface area contributed by atoms with Crippen LogP contribution >= 0.6 is 0 Å². The molecule has 1 aromatic carbocycles. The van der Waals surface area contributed by atoms with Crippen LogP contribution in [0.2, 0.25) is 0 Å². The standard InChI is InChI=1S/C12H15F2N3/c1-4-15-12(2,3)11-16-9-6-7(13)5-8(14)10(9)17-11/h5-6,15H,4H2,1-3H3,(H,16,17). The molecule has 2 aromatic rings. The van der Waals surface area contributed by atoms with Crippen molar-refractivity contribution in [2.24, 2.45) is 0 Å². The van der Waals surface area contributed by atoms with Gasteiger partial charge in [0.05, 0.1) is 11.1 Å². The van der Waals surface area contributed by atoms with Gasteiger partial charge in [0.1, 0.15) is 17.2 Å². The van der Waals surface area contributed by atoms with Crippen molar-refractivity contribution in [3.63, 3.8) is 0 Å². The van der Waals surface area contributed by atoms with E-state index >= 15 is 0 Å². The van der Waals surface area contributed by atoms with E-state index in [1.807, 2.05) is 20.8 Å². The Hall–Kier alpha value is -1.49. The first kappa shape index (κ1) is 12.0. The second-order valence-corrected chi connectivity index (χ2v) is 4.52. The predicted molar refractivity (Wildman–Crippen MR) is 62.7 cm³/mol. The summed E-state index contributed by atoms with van der Waals surface area (Å²) in [6.45, 7) is 6.61. The molecule has 3 nitrogen and oxygen atoms in total. The average Bonchev–Trinajstić information content (AvgIpc) is 2.62. The Kier molecular flexibility index (Phi) is 2.87. The lowest BCUT2D eigenvalue weighted by Crippen LogP contribution is -2.37. The van der Waals surface area contributed by atoms with Crippen LogP contribution < -0.4 is 5.32 Å². The molecule has 0 aliphatic rings. The summed E-state index contributed by atoms with van der Waals surface area (Å²) in [4.78, 5) is 7.13. The van der Waals surface area contributed by atoms with E-state index in [0.29, 0.717) is 11.3 Å². The van der Waals surface area contributed by atoms with Crippen LogP contribution in [0.5, 0.6) is 0 Å². The average molecular weight is 239 g/mol. The molecule has 5 heteroatoms. The molecular weight excluding hydrogens is 224 g/mol. The molecule has 0 radical (unpaired) electrons. The SMILES string of the molecule is CCNC(C)(C)c1nc2c(F)cc(F)cc2[nH]1. The molecule has 0 saturated heterocycles. The summed E-state index contributed by atoms with van der Waals surface area (Å²) >= 11 is 0. The summed E-state index contributed by atoms with van der Waals surface area (Å²) in [5.41, 5.74) is 0.146. The number of nitrogens with one attached hydrogen (secondary N) is 2. The normalized spacial score (nSPS) is 12.3. The highest BCUT2D eigenvalue weighted by Crippen LogP contribution is 2.23. The minimum absolute atomic E-state index is 0.173. The van der Waals surface area contributed by atoms with Gasteiger partial charge >= 0.3 is 0 Å². The number of H-pyrrole nitrogens is 1. The maximum atomic E-state index is 13.5. The summed E-state index contributed by atoms with van der Waals surface area (Å²) < 4.78 is 26.5. The molecule has 0 saturated carbocycles. The van der Waals surface area contributed by atoms with Crippen molar-refractivity contribution >= 4 is 11.0 Å². The number of hydrogen-bond donors (Lipinski definition) is 2. The predicted octanol–water partition coefficient (Wildman–Crippen LogP) is 2.69. The van der Waals surface area contributed by atoms with Gasteiger partial charge in [-0.1, -0.05) is 6.92 Å². The van der Waals surface area contributed by atoms with E-state index in [4.69, 9.17) is 0 Å². The zero-order valence-electron chi connectivity index (χ0n) is 10.1. The number of rotatable bonds is 3. The number of imidazole rings is 1. The van der Waals surface area contributed by atoms with Crippen molar-refractivity contribution in [3.8, 4) is 0 Å². The van der Waals surface area contributed by atoms with Crippen LogP contribution in [0.1, 0.15) is 26.6 Å². The maximum absolute atomic E-state index is 13.5. The number of benzene rings is 1. The summed E-state index contributed by atoms with van der Waals surface area (Å²) in [6, 6.07) is 2.09. The van der Waals surface area contributed by atoms with Gasteiger partial charge in [-0.05, 0) is 26.5 Å². The van der Waals surface area contributed by atoms with Crippen molar-refractivity contribution < 1.29 is 8.78 Å². The van der Waals surface area contributed by atoms with Crippen LogP contribution in [-0.4, -0.2) is 16.5 Å². The van der Waals surface area contributed by atoms with Crippen LogP contribution in [0, 0.1) is 11.6 Å². The molecule has 0 atom stereocenters. The van der Waals surface area contributed by atoms with Gasteiger partial charge in [0.25, 0.3) is 0 Å². The van der Waals surface area contributed by atoms with E-state index in [0.717, 1.165) is 12.6 Å². The molecule has 0 aliphatic heterocycles. The second kappa shape index (κ2) is 4.07. The van der Waals surface area contributed by atoms with Gasteiger partial charge in [-0.2, -0.15) is 0 Å². The Balaban J connectivity index is 2.55. The van der Waals surface area contributed by atoms with Crippen LogP contribution in [0.25, 0.3) is 11.0 Å². The van der Waals surface area contributed by atoms with Gasteiger partial charge < -0.3 is 10.3 Å². The van der Waals surface area contributed by atoms with Crippen LogP contribution in [-0.2, 0) is 5.54 Å². The van der Waals surface area contributed by atoms with E-state index in [2.05, 4.69) is 15.3 Å². The molecule has 0 aliphatic carbocycles. The van der Waals surface area contributed by atoms with Crippen molar-refractivity contribution in [1.29, 1.82) is 0 Å². The number of aromatic nitrogens is 2. The van der Waals surface area contributed by atoms with Crippen LogP contribution in [0.4, 0.5) is 8.78 Å². The smallest absolute Gasteiger partial charge is 0.153 e. The van der Waals surface area contributed by atoms with Crippen LogP contribution in [0.3, 0.4) is 0 Å². The second-order valence-electron chi connectivity index (χ2n) is 4.52. The van der Waals surface area contributed by atoms with Gasteiger partial charge in [0.2, 0.25) is 0 Å². The zero-order chi connectivity index (χ0) is 12.6. The molecule has 0 unspecified atom stereocenters. The van der Waals surface area contributed by atoms with Gasteiger partial charge in [0, 0.05) is 6.07 Å². The van der Waals surface area contributed by atoms with E-state index < -0.39 is 17.2 Å². The maximum Gasteiger partial charge on any atom is 0.153 e. The van der Waals surface area contributed by atoms with E-state index in [1.165, 1.54) is 6.07 Å². The lowest BCUT2D eigenvalue weighted by molar-refractivity contribution is 0.395. The fraction of sp³-hybridized carbons (Fsp3) is 0.417. The van der Waals surface area contributed by atoms with Crippen molar-refractivity contribution in [2.75, 3.05) is 6.54 Å². The van der Waals surface area contributed by atoms with E-state index in [1.54, 1.807) is 0 Å². The Labute approximate surface area is 98.2 Å². The molecule has 0 spiro atoms. The number of aromatic amines is 1. The number of hydrogen-bond acceptors (Lipinski definition) is 2. The first-order valence-electron chi connectivity index (χ1n) is 5.54. The van der Waals surface area contributed by atoms with Gasteiger partial charge in [-0.15, -0.1) is 0 Å². The van der Waals surface area contributed by atoms with E-state index in [-0.39, 0.29) is 5.52 Å². The largest absolute Gasteiger partial charge is 0.340 e. The third kappa shape index (κ3) is 2.15. The monoisotopic (exact) mass is 239 g/mol. The highest BCUT2D eigenvalue weighted by Gasteiger charge is 2.24. The molecule has 2 N–H and O–H groups in total. The Morgan fingerprint density at radius 2 is 2.06 bits per heavy atom. The minimum atomic E-state index is -0.644. The fourth-order valence-electron chi connectivity index (χ4n) is 1.86. The van der Waals surface area contributed by atoms with E-state index in [9.17, 15) is 8.78 Å². The van der Waals surface area contributed by atoms with Crippen molar-refractivity contribution in [2.45, 2.75) is 26.3 Å². The Morgan fingerprint density at radius 1 is 1.35 bits per heavy atom. The molecule has 17 heavy (non-hydrogen) atoms. The lowest BCUT2D eigenvalue weighted by atomic mass is 10.1. The topological polar surface area (TPSA) is 40.7 Å². The molecule has 1 heterocycles. The molecule has 2 rings (SSSR count). The van der Waals surface area contributed by atoms with Gasteiger partial charge in [-0.3, -0.25) is 0 Å². The summed E-state index contributed by atoms with van der Waals surface area (Å²) in [5.74, 6) is -0.653. The first-order chi connectivity index (χ1) is 7.94. The molecule has 1 aromatic heterocycles.